The minimum Gasteiger partial charge on any atom is -0.288 e. The summed E-state index contributed by atoms with van der Waals surface area (Å²) in [4.78, 5) is 2.49. The van der Waals surface area contributed by atoms with Gasteiger partial charge in [-0.2, -0.15) is 0 Å². The highest BCUT2D eigenvalue weighted by atomic mass is 32.1. The van der Waals surface area contributed by atoms with Crippen molar-refractivity contribution in [1.82, 2.24) is 4.90 Å². The van der Waals surface area contributed by atoms with E-state index in [1.165, 1.54) is 47.6 Å². The van der Waals surface area contributed by atoms with Gasteiger partial charge >= 0.3 is 0 Å². The maximum Gasteiger partial charge on any atom is 0.0610 e. The van der Waals surface area contributed by atoms with Gasteiger partial charge in [-0.15, -0.1) is 17.1 Å². The van der Waals surface area contributed by atoms with Crippen LogP contribution in [0.2, 0.25) is 0 Å². The van der Waals surface area contributed by atoms with E-state index in [9.17, 15) is 0 Å². The lowest BCUT2D eigenvalue weighted by Crippen LogP contribution is -2.36. The molecule has 5 aromatic rings. The number of fused-ring (bicyclic) bond motifs is 4. The van der Waals surface area contributed by atoms with Crippen LogP contribution in [0.15, 0.2) is 121 Å². The highest BCUT2D eigenvalue weighted by Gasteiger charge is 2.27. The van der Waals surface area contributed by atoms with Gasteiger partial charge in [0.1, 0.15) is 0 Å². The van der Waals surface area contributed by atoms with Crippen molar-refractivity contribution in [3.05, 3.63) is 138 Å². The Labute approximate surface area is 217 Å². The normalized spacial score (nSPS) is 16.3. The summed E-state index contributed by atoms with van der Waals surface area (Å²) < 4.78 is 2.70. The standard InChI is InChI=1S/C34H29NS/c1-4-25-11-5-9-15-31(25)35(3)32(28-19-17-23(2)26-12-6-7-13-27(26)28)22-24-18-20-34-30(21-24)29-14-8-10-16-33(29)36-34/h5-21,31-32H,1,22H2,2-3H3/t31?,32-/m0/s1. The molecule has 0 saturated carbocycles. The second-order valence-electron chi connectivity index (χ2n) is 9.65. The van der Waals surface area contributed by atoms with E-state index in [4.69, 9.17) is 0 Å². The third-order valence-electron chi connectivity index (χ3n) is 7.54. The molecule has 0 amide bonds. The molecule has 1 aliphatic carbocycles. The predicted molar refractivity (Wildman–Crippen MR) is 157 cm³/mol. The Hall–Kier alpha value is -3.68. The van der Waals surface area contributed by atoms with E-state index in [2.05, 4.69) is 134 Å². The average Bonchev–Trinajstić information content (AvgIpc) is 3.30. The highest BCUT2D eigenvalue weighted by molar-refractivity contribution is 7.25. The maximum atomic E-state index is 3.98. The van der Waals surface area contributed by atoms with Gasteiger partial charge in [0.2, 0.25) is 0 Å². The van der Waals surface area contributed by atoms with E-state index >= 15 is 0 Å². The summed E-state index contributed by atoms with van der Waals surface area (Å²) in [7, 11) is 2.24. The summed E-state index contributed by atoms with van der Waals surface area (Å²) in [5.74, 6) is 0. The SMILES string of the molecule is C=C=C1C=CC=CC1N(C)[C@@H](Cc1ccc2sc3ccccc3c2c1)c1ccc(C)c2ccccc12. The number of thiophene rings is 1. The van der Waals surface area contributed by atoms with Gasteiger partial charge in [-0.3, -0.25) is 4.90 Å². The number of rotatable bonds is 5. The van der Waals surface area contributed by atoms with Crippen molar-refractivity contribution >= 4 is 42.3 Å². The van der Waals surface area contributed by atoms with E-state index in [1.54, 1.807) is 0 Å². The topological polar surface area (TPSA) is 3.24 Å². The molecule has 2 atom stereocenters. The molecule has 36 heavy (non-hydrogen) atoms. The van der Waals surface area contributed by atoms with Crippen LogP contribution in [0, 0.1) is 6.92 Å². The van der Waals surface area contributed by atoms with Gasteiger partial charge in [0.15, 0.2) is 0 Å². The zero-order valence-electron chi connectivity index (χ0n) is 20.7. The maximum absolute atomic E-state index is 3.98. The molecule has 1 heterocycles. The Kier molecular flexibility index (Phi) is 5.95. The van der Waals surface area contributed by atoms with Gasteiger partial charge in [-0.25, -0.2) is 0 Å². The molecule has 0 N–H and O–H groups in total. The first-order chi connectivity index (χ1) is 17.6. The predicted octanol–water partition coefficient (Wildman–Crippen LogP) is 8.94. The molecule has 4 aromatic carbocycles. The highest BCUT2D eigenvalue weighted by Crippen LogP contribution is 2.38. The van der Waals surface area contributed by atoms with Crippen molar-refractivity contribution < 1.29 is 0 Å². The number of aryl methyl sites for hydroxylation is 1. The second-order valence-corrected chi connectivity index (χ2v) is 10.7. The molecule has 1 nitrogen and oxygen atoms in total. The second kappa shape index (κ2) is 9.41. The number of hydrogen-bond acceptors (Lipinski definition) is 2. The molecule has 176 valence electrons. The molecule has 0 radical (unpaired) electrons. The van der Waals surface area contributed by atoms with Gasteiger partial charge in [0, 0.05) is 31.8 Å². The fourth-order valence-electron chi connectivity index (χ4n) is 5.60. The minimum absolute atomic E-state index is 0.128. The Morgan fingerprint density at radius 1 is 0.861 bits per heavy atom. The van der Waals surface area contributed by atoms with Crippen LogP contribution >= 0.6 is 11.3 Å². The third kappa shape index (κ3) is 3.94. The molecule has 2 heteroatoms. The Morgan fingerprint density at radius 3 is 2.44 bits per heavy atom. The van der Waals surface area contributed by atoms with Crippen LogP contribution in [-0.2, 0) is 6.42 Å². The number of allylic oxidation sites excluding steroid dienone is 2. The molecule has 0 aliphatic heterocycles. The van der Waals surface area contributed by atoms with Crippen LogP contribution in [0.4, 0.5) is 0 Å². The zero-order chi connectivity index (χ0) is 24.6. The van der Waals surface area contributed by atoms with Gasteiger partial charge in [0.05, 0.1) is 6.04 Å². The van der Waals surface area contributed by atoms with Gasteiger partial charge in [-0.1, -0.05) is 85.5 Å². The lowest BCUT2D eigenvalue weighted by Gasteiger charge is -2.36. The fourth-order valence-corrected chi connectivity index (χ4v) is 6.69. The summed E-state index contributed by atoms with van der Waals surface area (Å²) in [6, 6.07) is 29.5. The van der Waals surface area contributed by atoms with Crippen molar-refractivity contribution in [3.63, 3.8) is 0 Å². The molecular formula is C34H29NS. The summed E-state index contributed by atoms with van der Waals surface area (Å²) >= 11 is 1.88. The van der Waals surface area contributed by atoms with Crippen molar-refractivity contribution in [2.45, 2.75) is 25.4 Å². The van der Waals surface area contributed by atoms with E-state index in [0.29, 0.717) is 0 Å². The molecule has 0 saturated heterocycles. The lowest BCUT2D eigenvalue weighted by atomic mass is 9.89. The average molecular weight is 484 g/mol. The van der Waals surface area contributed by atoms with Crippen LogP contribution in [0.1, 0.15) is 22.7 Å². The number of likely N-dealkylation sites (N-methyl/N-ethyl adjacent to an activating group) is 1. The van der Waals surface area contributed by atoms with Crippen molar-refractivity contribution in [1.29, 1.82) is 0 Å². The molecule has 1 unspecified atom stereocenters. The molecular weight excluding hydrogens is 454 g/mol. The minimum atomic E-state index is 0.128. The summed E-state index contributed by atoms with van der Waals surface area (Å²) in [5, 5.41) is 5.36. The summed E-state index contributed by atoms with van der Waals surface area (Å²) in [6.45, 7) is 6.18. The van der Waals surface area contributed by atoms with E-state index < -0.39 is 0 Å². The number of nitrogens with zero attached hydrogens (tertiary/aromatic N) is 1. The largest absolute Gasteiger partial charge is 0.288 e. The van der Waals surface area contributed by atoms with E-state index in [-0.39, 0.29) is 12.1 Å². The molecule has 1 aliphatic rings. The first-order valence-corrected chi connectivity index (χ1v) is 13.3. The van der Waals surface area contributed by atoms with Crippen LogP contribution in [0.5, 0.6) is 0 Å². The Balaban J connectivity index is 1.49. The molecule has 1 aromatic heterocycles. The smallest absolute Gasteiger partial charge is 0.0610 e. The number of benzene rings is 4. The van der Waals surface area contributed by atoms with Crippen LogP contribution in [-0.4, -0.2) is 18.0 Å². The quantitative estimate of drug-likeness (QED) is 0.226. The van der Waals surface area contributed by atoms with Crippen molar-refractivity contribution in [3.8, 4) is 0 Å². The third-order valence-corrected chi connectivity index (χ3v) is 8.69. The fraction of sp³-hybridized carbons (Fsp3) is 0.147. The lowest BCUT2D eigenvalue weighted by molar-refractivity contribution is 0.225. The van der Waals surface area contributed by atoms with Gasteiger partial charge < -0.3 is 0 Å². The van der Waals surface area contributed by atoms with Crippen molar-refractivity contribution in [2.75, 3.05) is 7.05 Å². The molecule has 0 fully saturated rings. The molecule has 6 rings (SSSR count). The van der Waals surface area contributed by atoms with E-state index in [1.807, 2.05) is 11.3 Å². The van der Waals surface area contributed by atoms with Crippen LogP contribution in [0.25, 0.3) is 30.9 Å². The Morgan fingerprint density at radius 2 is 1.61 bits per heavy atom. The molecule has 0 spiro atoms. The Bertz CT molecular complexity index is 1710. The molecule has 0 bridgehead atoms. The summed E-state index contributed by atoms with van der Waals surface area (Å²) in [6.07, 6.45) is 9.51. The monoisotopic (exact) mass is 483 g/mol. The van der Waals surface area contributed by atoms with Crippen LogP contribution in [0.3, 0.4) is 0 Å². The first-order valence-electron chi connectivity index (χ1n) is 12.5. The van der Waals surface area contributed by atoms with E-state index in [0.717, 1.165) is 12.0 Å². The van der Waals surface area contributed by atoms with Crippen molar-refractivity contribution in [2.24, 2.45) is 0 Å². The number of hydrogen-bond donors (Lipinski definition) is 0. The van der Waals surface area contributed by atoms with Gasteiger partial charge in [0.25, 0.3) is 0 Å². The first kappa shape index (κ1) is 22.8. The summed E-state index contributed by atoms with van der Waals surface area (Å²) in [5.41, 5.74) is 8.32. The zero-order valence-corrected chi connectivity index (χ0v) is 21.6. The van der Waals surface area contributed by atoms with Crippen LogP contribution < -0.4 is 0 Å². The van der Waals surface area contributed by atoms with Gasteiger partial charge in [-0.05, 0) is 72.1 Å².